The van der Waals surface area contributed by atoms with Gasteiger partial charge in [-0.3, -0.25) is 0 Å². The molecule has 0 atom stereocenters. The highest BCUT2D eigenvalue weighted by Crippen LogP contribution is 2.31. The third-order valence-corrected chi connectivity index (χ3v) is 4.87. The van der Waals surface area contributed by atoms with Crippen molar-refractivity contribution in [2.24, 2.45) is 0 Å². The SMILES string of the molecule is CN(c1cnc(-c2cc(F)c(-n3ccnc3)cc2O)nn1)C1CCCC1. The Hall–Kier alpha value is -3.03. The van der Waals surface area contributed by atoms with Gasteiger partial charge in [0.25, 0.3) is 0 Å². The van der Waals surface area contributed by atoms with Gasteiger partial charge in [-0.15, -0.1) is 10.2 Å². The molecule has 0 radical (unpaired) electrons. The van der Waals surface area contributed by atoms with Crippen LogP contribution in [0.3, 0.4) is 0 Å². The molecule has 2 aromatic heterocycles. The zero-order valence-corrected chi connectivity index (χ0v) is 14.4. The van der Waals surface area contributed by atoms with Gasteiger partial charge < -0.3 is 14.6 Å². The van der Waals surface area contributed by atoms with Gasteiger partial charge in [-0.25, -0.2) is 14.4 Å². The van der Waals surface area contributed by atoms with Gasteiger partial charge in [0.2, 0.25) is 0 Å². The second-order valence-corrected chi connectivity index (χ2v) is 6.48. The lowest BCUT2D eigenvalue weighted by Crippen LogP contribution is -2.29. The van der Waals surface area contributed by atoms with E-state index in [0.717, 1.165) is 12.8 Å². The second kappa shape index (κ2) is 6.70. The summed E-state index contributed by atoms with van der Waals surface area (Å²) in [5, 5.41) is 18.6. The molecule has 2 heterocycles. The molecular formula is C18H19FN6O. The number of hydrogen-bond acceptors (Lipinski definition) is 6. The molecule has 1 aliphatic carbocycles. The number of aromatic nitrogens is 5. The molecule has 1 aliphatic rings. The average molecular weight is 354 g/mol. The third kappa shape index (κ3) is 2.98. The highest BCUT2D eigenvalue weighted by atomic mass is 19.1. The van der Waals surface area contributed by atoms with Crippen LogP contribution in [0.15, 0.2) is 37.1 Å². The summed E-state index contributed by atoms with van der Waals surface area (Å²) in [5.74, 6) is 0.234. The predicted octanol–water partition coefficient (Wildman–Crippen LogP) is 2.95. The van der Waals surface area contributed by atoms with Crippen molar-refractivity contribution in [1.82, 2.24) is 24.7 Å². The number of halogens is 1. The summed E-state index contributed by atoms with van der Waals surface area (Å²) in [6.45, 7) is 0. The molecule has 1 saturated carbocycles. The van der Waals surface area contributed by atoms with E-state index in [1.165, 1.54) is 42.1 Å². The van der Waals surface area contributed by atoms with Crippen LogP contribution in [0.5, 0.6) is 5.75 Å². The maximum Gasteiger partial charge on any atom is 0.185 e. The van der Waals surface area contributed by atoms with Crippen LogP contribution in [0.1, 0.15) is 25.7 Å². The smallest absolute Gasteiger partial charge is 0.185 e. The molecule has 26 heavy (non-hydrogen) atoms. The van der Waals surface area contributed by atoms with E-state index in [9.17, 15) is 9.50 Å². The molecule has 0 aliphatic heterocycles. The van der Waals surface area contributed by atoms with Crippen molar-refractivity contribution >= 4 is 5.82 Å². The van der Waals surface area contributed by atoms with Gasteiger partial charge in [-0.1, -0.05) is 12.8 Å². The van der Waals surface area contributed by atoms with Gasteiger partial charge in [0.05, 0.1) is 23.8 Å². The number of imidazole rings is 1. The van der Waals surface area contributed by atoms with Crippen molar-refractivity contribution in [2.45, 2.75) is 31.7 Å². The fraction of sp³-hybridized carbons (Fsp3) is 0.333. The zero-order chi connectivity index (χ0) is 18.1. The molecule has 0 spiro atoms. The number of benzene rings is 1. The standard InChI is InChI=1S/C18H19FN6O/c1-24(12-4-2-3-5-12)17-10-21-18(23-22-17)13-8-14(19)15(9-16(13)26)25-7-6-20-11-25/h6-12,26H,2-5H2,1H3. The first-order chi connectivity index (χ1) is 12.6. The molecule has 1 aromatic carbocycles. The Morgan fingerprint density at radius 2 is 2.04 bits per heavy atom. The Morgan fingerprint density at radius 3 is 2.69 bits per heavy atom. The average Bonchev–Trinajstić information content (AvgIpc) is 3.37. The van der Waals surface area contributed by atoms with E-state index in [1.54, 1.807) is 12.4 Å². The van der Waals surface area contributed by atoms with Crippen molar-refractivity contribution in [3.63, 3.8) is 0 Å². The molecule has 1 N–H and O–H groups in total. The molecule has 8 heteroatoms. The van der Waals surface area contributed by atoms with Crippen LogP contribution in [0.2, 0.25) is 0 Å². The lowest BCUT2D eigenvalue weighted by molar-refractivity contribution is 0.474. The van der Waals surface area contributed by atoms with Crippen molar-refractivity contribution in [3.8, 4) is 22.8 Å². The minimum atomic E-state index is -0.508. The van der Waals surface area contributed by atoms with Crippen LogP contribution in [0.4, 0.5) is 10.2 Å². The summed E-state index contributed by atoms with van der Waals surface area (Å²) < 4.78 is 15.9. The molecule has 0 unspecified atom stereocenters. The van der Waals surface area contributed by atoms with E-state index in [-0.39, 0.29) is 22.8 Å². The number of nitrogens with zero attached hydrogens (tertiary/aromatic N) is 6. The summed E-state index contributed by atoms with van der Waals surface area (Å²) in [4.78, 5) is 10.2. The number of anilines is 1. The predicted molar refractivity (Wildman–Crippen MR) is 94.7 cm³/mol. The highest BCUT2D eigenvalue weighted by Gasteiger charge is 2.21. The van der Waals surface area contributed by atoms with E-state index < -0.39 is 5.82 Å². The fourth-order valence-electron chi connectivity index (χ4n) is 3.36. The summed E-state index contributed by atoms with van der Waals surface area (Å²) in [6, 6.07) is 2.99. The van der Waals surface area contributed by atoms with Gasteiger partial charge in [0.1, 0.15) is 11.6 Å². The van der Waals surface area contributed by atoms with Crippen molar-refractivity contribution in [3.05, 3.63) is 42.9 Å². The zero-order valence-electron chi connectivity index (χ0n) is 14.4. The topological polar surface area (TPSA) is 80.0 Å². The maximum atomic E-state index is 14.4. The van der Waals surface area contributed by atoms with Crippen molar-refractivity contribution < 1.29 is 9.50 Å². The normalized spacial score (nSPS) is 14.7. The van der Waals surface area contributed by atoms with Gasteiger partial charge in [-0.2, -0.15) is 0 Å². The van der Waals surface area contributed by atoms with Crippen LogP contribution in [-0.2, 0) is 0 Å². The summed E-state index contributed by atoms with van der Waals surface area (Å²) in [6.07, 6.45) is 10.9. The van der Waals surface area contributed by atoms with E-state index in [0.29, 0.717) is 11.9 Å². The van der Waals surface area contributed by atoms with Gasteiger partial charge in [-0.05, 0) is 18.9 Å². The number of rotatable bonds is 4. The minimum absolute atomic E-state index is 0.117. The molecule has 0 bridgehead atoms. The van der Waals surface area contributed by atoms with E-state index >= 15 is 0 Å². The van der Waals surface area contributed by atoms with E-state index in [4.69, 9.17) is 0 Å². The molecule has 3 aromatic rings. The quantitative estimate of drug-likeness (QED) is 0.776. The van der Waals surface area contributed by atoms with Gasteiger partial charge in [0.15, 0.2) is 11.6 Å². The second-order valence-electron chi connectivity index (χ2n) is 6.48. The first-order valence-electron chi connectivity index (χ1n) is 8.57. The summed E-state index contributed by atoms with van der Waals surface area (Å²) in [7, 11) is 1.98. The molecule has 4 rings (SSSR count). The molecule has 134 valence electrons. The Balaban J connectivity index is 1.62. The minimum Gasteiger partial charge on any atom is -0.507 e. The lowest BCUT2D eigenvalue weighted by Gasteiger charge is -2.24. The van der Waals surface area contributed by atoms with E-state index in [1.807, 2.05) is 7.05 Å². The molecule has 7 nitrogen and oxygen atoms in total. The number of aromatic hydroxyl groups is 1. The number of phenols is 1. The Kier molecular flexibility index (Phi) is 4.24. The molecule has 1 fully saturated rings. The van der Waals surface area contributed by atoms with Crippen LogP contribution in [-0.4, -0.2) is 42.9 Å². The van der Waals surface area contributed by atoms with E-state index in [2.05, 4.69) is 25.1 Å². The largest absolute Gasteiger partial charge is 0.507 e. The first kappa shape index (κ1) is 16.4. The molecule has 0 amide bonds. The highest BCUT2D eigenvalue weighted by molar-refractivity contribution is 5.66. The summed E-state index contributed by atoms with van der Waals surface area (Å²) >= 11 is 0. The van der Waals surface area contributed by atoms with Gasteiger partial charge >= 0.3 is 0 Å². The van der Waals surface area contributed by atoms with Crippen LogP contribution in [0, 0.1) is 5.82 Å². The van der Waals surface area contributed by atoms with Gasteiger partial charge in [0, 0.05) is 31.5 Å². The third-order valence-electron chi connectivity index (χ3n) is 4.87. The van der Waals surface area contributed by atoms with Crippen molar-refractivity contribution in [2.75, 3.05) is 11.9 Å². The molecular weight excluding hydrogens is 335 g/mol. The Morgan fingerprint density at radius 1 is 1.23 bits per heavy atom. The molecule has 0 saturated heterocycles. The first-order valence-corrected chi connectivity index (χ1v) is 8.57. The van der Waals surface area contributed by atoms with Crippen LogP contribution >= 0.6 is 0 Å². The maximum absolute atomic E-state index is 14.4. The van der Waals surface area contributed by atoms with Crippen LogP contribution < -0.4 is 4.90 Å². The number of hydrogen-bond donors (Lipinski definition) is 1. The fourth-order valence-corrected chi connectivity index (χ4v) is 3.36. The van der Waals surface area contributed by atoms with Crippen LogP contribution in [0.25, 0.3) is 17.1 Å². The Bertz CT molecular complexity index is 891. The lowest BCUT2D eigenvalue weighted by atomic mass is 10.1. The Labute approximate surface area is 150 Å². The number of phenolic OH excluding ortho intramolecular Hbond substituents is 1. The monoisotopic (exact) mass is 354 g/mol. The summed E-state index contributed by atoms with van der Waals surface area (Å²) in [5.41, 5.74) is 0.406. The van der Waals surface area contributed by atoms with Crippen molar-refractivity contribution in [1.29, 1.82) is 0 Å².